The summed E-state index contributed by atoms with van der Waals surface area (Å²) < 4.78 is 0. The monoisotopic (exact) mass is 260 g/mol. The molecule has 3 heteroatoms. The molecule has 0 aromatic heterocycles. The van der Waals surface area contributed by atoms with Crippen LogP contribution in [0.1, 0.15) is 27.7 Å². The van der Waals surface area contributed by atoms with E-state index < -0.39 is 13.5 Å². The summed E-state index contributed by atoms with van der Waals surface area (Å²) in [4.78, 5) is 0. The van der Waals surface area contributed by atoms with Crippen molar-refractivity contribution in [2.45, 2.75) is 47.3 Å². The lowest BCUT2D eigenvalue weighted by Gasteiger charge is -2.24. The van der Waals surface area contributed by atoms with Crippen molar-refractivity contribution in [2.24, 2.45) is 11.3 Å². The summed E-state index contributed by atoms with van der Waals surface area (Å²) in [5.74, 6) is -0.361. The van der Waals surface area contributed by atoms with Crippen molar-refractivity contribution in [3.8, 4) is 12.1 Å². The van der Waals surface area contributed by atoms with Crippen LogP contribution in [0.2, 0.25) is 19.6 Å². The van der Waals surface area contributed by atoms with Gasteiger partial charge in [-0.3, -0.25) is 0 Å². The van der Waals surface area contributed by atoms with Crippen LogP contribution in [0.3, 0.4) is 0 Å². The van der Waals surface area contributed by atoms with Crippen LogP contribution in [-0.2, 0) is 0 Å². The maximum absolute atomic E-state index is 9.29. The molecule has 0 saturated carbocycles. The molecular formula is C15H24N2Si. The molecule has 2 nitrogen and oxygen atoms in total. The van der Waals surface area contributed by atoms with Crippen LogP contribution in [0.4, 0.5) is 0 Å². The average Bonchev–Trinajstić information content (AvgIpc) is 2.21. The van der Waals surface area contributed by atoms with Gasteiger partial charge < -0.3 is 0 Å². The summed E-state index contributed by atoms with van der Waals surface area (Å²) in [6, 6.07) is 4.49. The minimum atomic E-state index is -1.50. The lowest BCUT2D eigenvalue weighted by Crippen LogP contribution is -2.26. The Labute approximate surface area is 113 Å². The van der Waals surface area contributed by atoms with Gasteiger partial charge in [-0.15, -0.1) is 0 Å². The summed E-state index contributed by atoms with van der Waals surface area (Å²) >= 11 is 0. The van der Waals surface area contributed by atoms with E-state index in [1.807, 2.05) is 19.9 Å². The Hall–Kier alpha value is -1.32. The summed E-state index contributed by atoms with van der Waals surface area (Å²) in [6.45, 7) is 14.5. The van der Waals surface area contributed by atoms with Crippen molar-refractivity contribution in [1.82, 2.24) is 0 Å². The highest BCUT2D eigenvalue weighted by molar-refractivity contribution is 6.83. The first kappa shape index (κ1) is 16.7. The summed E-state index contributed by atoms with van der Waals surface area (Å²) in [5.41, 5.74) is 0.588. The highest BCUT2D eigenvalue weighted by atomic mass is 28.3. The SMILES string of the molecule is CC(C)=C/C(=C\C(C#N)C(C)(C)C#N)[Si](C)(C)C. The van der Waals surface area contributed by atoms with E-state index in [1.54, 1.807) is 0 Å². The second-order valence-corrected chi connectivity index (χ2v) is 11.6. The summed E-state index contributed by atoms with van der Waals surface area (Å²) in [5, 5.41) is 19.7. The van der Waals surface area contributed by atoms with Crippen molar-refractivity contribution in [1.29, 1.82) is 10.5 Å². The molecule has 0 N–H and O–H groups in total. The molecule has 0 aliphatic rings. The van der Waals surface area contributed by atoms with Gasteiger partial charge in [0.15, 0.2) is 0 Å². The van der Waals surface area contributed by atoms with Gasteiger partial charge >= 0.3 is 0 Å². The molecule has 0 aromatic rings. The van der Waals surface area contributed by atoms with E-state index in [0.717, 1.165) is 0 Å². The molecule has 0 bridgehead atoms. The fourth-order valence-electron chi connectivity index (χ4n) is 1.48. The van der Waals surface area contributed by atoms with E-state index in [4.69, 9.17) is 5.26 Å². The third-order valence-corrected chi connectivity index (χ3v) is 4.90. The molecule has 0 heterocycles. The van der Waals surface area contributed by atoms with Gasteiger partial charge in [0.25, 0.3) is 0 Å². The second-order valence-electron chi connectivity index (χ2n) is 6.53. The Morgan fingerprint density at radius 2 is 1.67 bits per heavy atom. The van der Waals surface area contributed by atoms with Crippen LogP contribution in [0.15, 0.2) is 22.9 Å². The Morgan fingerprint density at radius 3 is 1.94 bits per heavy atom. The molecule has 0 amide bonds. The van der Waals surface area contributed by atoms with Gasteiger partial charge in [0.05, 0.1) is 31.5 Å². The quantitative estimate of drug-likeness (QED) is 0.554. The van der Waals surface area contributed by atoms with Gasteiger partial charge in [-0.1, -0.05) is 42.6 Å². The standard InChI is InChI=1S/C15H24N2Si/c1-12(2)8-14(18(5,6)7)9-13(10-16)15(3,4)11-17/h8-9,13H,1-7H3/b14-9+. The first-order chi connectivity index (χ1) is 8.04. The Morgan fingerprint density at radius 1 is 1.17 bits per heavy atom. The van der Waals surface area contributed by atoms with Gasteiger partial charge in [-0.25, -0.2) is 0 Å². The Balaban J connectivity index is 5.65. The molecule has 0 saturated heterocycles. The number of nitriles is 2. The lowest BCUT2D eigenvalue weighted by molar-refractivity contribution is 0.423. The van der Waals surface area contributed by atoms with Gasteiger partial charge in [-0.05, 0) is 27.7 Å². The van der Waals surface area contributed by atoms with Gasteiger partial charge in [0.1, 0.15) is 0 Å². The summed E-state index contributed by atoms with van der Waals surface area (Å²) in [7, 11) is -1.50. The molecule has 0 fully saturated rings. The van der Waals surface area contributed by atoms with Crippen molar-refractivity contribution in [3.05, 3.63) is 22.9 Å². The minimum Gasteiger partial charge on any atom is -0.198 e. The normalized spacial score (nSPS) is 14.4. The van der Waals surface area contributed by atoms with Crippen molar-refractivity contribution >= 4 is 8.07 Å². The maximum atomic E-state index is 9.29. The Bertz CT molecular complexity index is 433. The lowest BCUT2D eigenvalue weighted by atomic mass is 9.81. The fourth-order valence-corrected chi connectivity index (χ4v) is 2.87. The molecule has 0 aliphatic heterocycles. The number of allylic oxidation sites excluding steroid dienone is 4. The molecule has 1 unspecified atom stereocenters. The zero-order valence-electron chi connectivity index (χ0n) is 12.6. The van der Waals surface area contributed by atoms with E-state index in [0.29, 0.717) is 0 Å². The smallest absolute Gasteiger partial charge is 0.0826 e. The zero-order valence-corrected chi connectivity index (χ0v) is 13.6. The van der Waals surface area contributed by atoms with Crippen molar-refractivity contribution in [3.63, 3.8) is 0 Å². The highest BCUT2D eigenvalue weighted by Crippen LogP contribution is 2.30. The number of rotatable bonds is 4. The topological polar surface area (TPSA) is 47.6 Å². The fraction of sp³-hybridized carbons (Fsp3) is 0.600. The minimum absolute atomic E-state index is 0.361. The van der Waals surface area contributed by atoms with Crippen LogP contribution in [0.25, 0.3) is 0 Å². The number of hydrogen-bond acceptors (Lipinski definition) is 2. The molecule has 0 aromatic carbocycles. The molecule has 0 rings (SSSR count). The van der Waals surface area contributed by atoms with Crippen LogP contribution in [-0.4, -0.2) is 8.07 Å². The largest absolute Gasteiger partial charge is 0.198 e. The number of hydrogen-bond donors (Lipinski definition) is 0. The predicted molar refractivity (Wildman–Crippen MR) is 79.4 cm³/mol. The molecule has 1 atom stereocenters. The van der Waals surface area contributed by atoms with E-state index in [9.17, 15) is 5.26 Å². The van der Waals surface area contributed by atoms with Gasteiger partial charge in [-0.2, -0.15) is 10.5 Å². The van der Waals surface area contributed by atoms with E-state index in [-0.39, 0.29) is 5.92 Å². The van der Waals surface area contributed by atoms with Crippen molar-refractivity contribution < 1.29 is 0 Å². The molecule has 0 spiro atoms. The van der Waals surface area contributed by atoms with Crippen LogP contribution in [0.5, 0.6) is 0 Å². The highest BCUT2D eigenvalue weighted by Gasteiger charge is 2.29. The second kappa shape index (κ2) is 6.02. The van der Waals surface area contributed by atoms with Crippen LogP contribution in [0, 0.1) is 34.0 Å². The van der Waals surface area contributed by atoms with Crippen LogP contribution < -0.4 is 0 Å². The molecule has 18 heavy (non-hydrogen) atoms. The van der Waals surface area contributed by atoms with E-state index in [2.05, 4.69) is 51.7 Å². The average molecular weight is 260 g/mol. The molecule has 98 valence electrons. The third kappa shape index (κ3) is 4.90. The maximum Gasteiger partial charge on any atom is 0.0826 e. The third-order valence-electron chi connectivity index (χ3n) is 2.86. The van der Waals surface area contributed by atoms with Gasteiger partial charge in [0, 0.05) is 0 Å². The molecule has 0 aliphatic carbocycles. The van der Waals surface area contributed by atoms with Gasteiger partial charge in [0.2, 0.25) is 0 Å². The zero-order chi connectivity index (χ0) is 14.6. The van der Waals surface area contributed by atoms with Crippen LogP contribution >= 0.6 is 0 Å². The first-order valence-electron chi connectivity index (χ1n) is 6.22. The van der Waals surface area contributed by atoms with E-state index in [1.165, 1.54) is 10.8 Å². The first-order valence-corrected chi connectivity index (χ1v) is 9.72. The van der Waals surface area contributed by atoms with E-state index >= 15 is 0 Å². The summed E-state index contributed by atoms with van der Waals surface area (Å²) in [6.07, 6.45) is 4.16. The predicted octanol–water partition coefficient (Wildman–Crippen LogP) is 4.45. The number of nitrogens with zero attached hydrogens (tertiary/aromatic N) is 2. The Kier molecular flexibility index (Phi) is 5.58. The molecule has 0 radical (unpaired) electrons. The molecular weight excluding hydrogens is 236 g/mol. The van der Waals surface area contributed by atoms with Crippen molar-refractivity contribution in [2.75, 3.05) is 0 Å².